The first-order valence-electron chi connectivity index (χ1n) is 7.24. The van der Waals surface area contributed by atoms with Crippen LogP contribution in [0, 0.1) is 17.8 Å². The molecule has 3 atom stereocenters. The van der Waals surface area contributed by atoms with Crippen molar-refractivity contribution >= 4 is 17.5 Å². The highest BCUT2D eigenvalue weighted by atomic mass is 35.5. The van der Waals surface area contributed by atoms with E-state index in [-0.39, 0.29) is 11.8 Å². The molecule has 0 heterocycles. The number of rotatable bonds is 4. The Morgan fingerprint density at radius 2 is 2.21 bits per heavy atom. The van der Waals surface area contributed by atoms with Crippen molar-refractivity contribution in [3.05, 3.63) is 34.9 Å². The molecule has 1 aromatic rings. The van der Waals surface area contributed by atoms with Crippen molar-refractivity contribution in [3.63, 3.8) is 0 Å². The first-order valence-corrected chi connectivity index (χ1v) is 7.62. The molecule has 2 saturated carbocycles. The van der Waals surface area contributed by atoms with E-state index in [2.05, 4.69) is 11.4 Å². The summed E-state index contributed by atoms with van der Waals surface area (Å²) >= 11 is 5.95. The van der Waals surface area contributed by atoms with Gasteiger partial charge in [-0.25, -0.2) is 0 Å². The molecule has 0 radical (unpaired) electrons. The molecular weight excluding hydrogens is 258 g/mol. The fourth-order valence-corrected chi connectivity index (χ4v) is 3.93. The second-order valence-electron chi connectivity index (χ2n) is 5.95. The Hall–Kier alpha value is -1.02. The molecule has 1 N–H and O–H groups in total. The topological polar surface area (TPSA) is 29.1 Å². The Labute approximate surface area is 119 Å². The zero-order valence-corrected chi connectivity index (χ0v) is 11.8. The minimum absolute atomic E-state index is 0.272. The van der Waals surface area contributed by atoms with Crippen LogP contribution < -0.4 is 5.32 Å². The second kappa shape index (κ2) is 5.54. The van der Waals surface area contributed by atoms with Gasteiger partial charge in [0.2, 0.25) is 5.91 Å². The number of nitrogens with one attached hydrogen (secondary N) is 1. The van der Waals surface area contributed by atoms with Crippen LogP contribution in [-0.4, -0.2) is 12.5 Å². The van der Waals surface area contributed by atoms with Crippen molar-refractivity contribution in [2.45, 2.75) is 32.1 Å². The summed E-state index contributed by atoms with van der Waals surface area (Å²) in [4.78, 5) is 12.2. The zero-order chi connectivity index (χ0) is 13.2. The Balaban J connectivity index is 1.46. The lowest BCUT2D eigenvalue weighted by Gasteiger charge is -2.20. The van der Waals surface area contributed by atoms with Crippen LogP contribution in [0.25, 0.3) is 0 Å². The van der Waals surface area contributed by atoms with Gasteiger partial charge in [-0.2, -0.15) is 0 Å². The van der Waals surface area contributed by atoms with Gasteiger partial charge in [0, 0.05) is 17.5 Å². The minimum atomic E-state index is 0.272. The number of halogens is 1. The van der Waals surface area contributed by atoms with E-state index in [1.807, 2.05) is 18.2 Å². The van der Waals surface area contributed by atoms with Crippen LogP contribution in [0.2, 0.25) is 5.02 Å². The molecule has 19 heavy (non-hydrogen) atoms. The summed E-state index contributed by atoms with van der Waals surface area (Å²) in [5.41, 5.74) is 1.18. The van der Waals surface area contributed by atoms with Gasteiger partial charge >= 0.3 is 0 Å². The van der Waals surface area contributed by atoms with Crippen LogP contribution >= 0.6 is 11.6 Å². The standard InChI is InChI=1S/C16H20ClNO/c17-14-3-1-2-11(9-14)6-7-18-16(19)15-10-12-4-5-13(15)8-12/h1-3,9,12-13,15H,4-8,10H2,(H,18,19)/t12-,13-,15+/m1/s1. The predicted octanol–water partition coefficient (Wildman–Crippen LogP) is 3.43. The minimum Gasteiger partial charge on any atom is -0.356 e. The van der Waals surface area contributed by atoms with E-state index in [0.29, 0.717) is 12.5 Å². The summed E-state index contributed by atoms with van der Waals surface area (Å²) in [7, 11) is 0. The first kappa shape index (κ1) is 13.0. The van der Waals surface area contributed by atoms with Gasteiger partial charge < -0.3 is 5.32 Å². The normalized spacial score (nSPS) is 28.6. The number of carbonyl (C=O) groups is 1. The van der Waals surface area contributed by atoms with E-state index in [9.17, 15) is 4.79 Å². The second-order valence-corrected chi connectivity index (χ2v) is 6.39. The Bertz CT molecular complexity index is 474. The molecule has 1 aromatic carbocycles. The maximum absolute atomic E-state index is 12.2. The quantitative estimate of drug-likeness (QED) is 0.897. The Morgan fingerprint density at radius 3 is 2.89 bits per heavy atom. The maximum Gasteiger partial charge on any atom is 0.223 e. The summed E-state index contributed by atoms with van der Waals surface area (Å²) in [5, 5.41) is 3.86. The van der Waals surface area contributed by atoms with Crippen LogP contribution in [0.4, 0.5) is 0 Å². The molecule has 0 spiro atoms. The highest BCUT2D eigenvalue weighted by Crippen LogP contribution is 2.48. The molecule has 3 rings (SSSR count). The van der Waals surface area contributed by atoms with E-state index in [1.165, 1.54) is 24.8 Å². The lowest BCUT2D eigenvalue weighted by Crippen LogP contribution is -2.34. The molecule has 2 aliphatic rings. The highest BCUT2D eigenvalue weighted by molar-refractivity contribution is 6.30. The van der Waals surface area contributed by atoms with E-state index in [0.717, 1.165) is 23.8 Å². The fourth-order valence-electron chi connectivity index (χ4n) is 3.72. The van der Waals surface area contributed by atoms with Crippen LogP contribution in [-0.2, 0) is 11.2 Å². The van der Waals surface area contributed by atoms with Gasteiger partial charge in [0.05, 0.1) is 0 Å². The van der Waals surface area contributed by atoms with Crippen molar-refractivity contribution in [2.75, 3.05) is 6.54 Å². The van der Waals surface area contributed by atoms with Gasteiger partial charge in [-0.15, -0.1) is 0 Å². The molecule has 0 unspecified atom stereocenters. The average Bonchev–Trinajstić information content (AvgIpc) is 3.01. The van der Waals surface area contributed by atoms with Crippen LogP contribution in [0.15, 0.2) is 24.3 Å². The van der Waals surface area contributed by atoms with Gasteiger partial charge in [-0.1, -0.05) is 30.2 Å². The third kappa shape index (κ3) is 2.94. The van der Waals surface area contributed by atoms with E-state index in [1.54, 1.807) is 0 Å². The number of hydrogen-bond acceptors (Lipinski definition) is 1. The van der Waals surface area contributed by atoms with Crippen molar-refractivity contribution in [1.82, 2.24) is 5.32 Å². The maximum atomic E-state index is 12.2. The third-order valence-corrected chi connectivity index (χ3v) is 4.91. The summed E-state index contributed by atoms with van der Waals surface area (Å²) in [6, 6.07) is 7.84. The summed E-state index contributed by atoms with van der Waals surface area (Å²) in [5.74, 6) is 2.05. The van der Waals surface area contributed by atoms with E-state index in [4.69, 9.17) is 11.6 Å². The number of fused-ring (bicyclic) bond motifs is 2. The van der Waals surface area contributed by atoms with E-state index < -0.39 is 0 Å². The molecule has 0 aliphatic heterocycles. The van der Waals surface area contributed by atoms with Crippen molar-refractivity contribution in [3.8, 4) is 0 Å². The van der Waals surface area contributed by atoms with Gasteiger partial charge in [0.15, 0.2) is 0 Å². The molecule has 2 aliphatic carbocycles. The van der Waals surface area contributed by atoms with Crippen LogP contribution in [0.1, 0.15) is 31.2 Å². The predicted molar refractivity (Wildman–Crippen MR) is 77.1 cm³/mol. The molecule has 0 saturated heterocycles. The molecule has 3 heteroatoms. The highest BCUT2D eigenvalue weighted by Gasteiger charge is 2.42. The van der Waals surface area contributed by atoms with Crippen molar-refractivity contribution < 1.29 is 4.79 Å². The number of carbonyl (C=O) groups excluding carboxylic acids is 1. The van der Waals surface area contributed by atoms with Crippen molar-refractivity contribution in [2.24, 2.45) is 17.8 Å². The van der Waals surface area contributed by atoms with Crippen LogP contribution in [0.3, 0.4) is 0 Å². The van der Waals surface area contributed by atoms with Gasteiger partial charge in [-0.3, -0.25) is 4.79 Å². The average molecular weight is 278 g/mol. The largest absolute Gasteiger partial charge is 0.356 e. The summed E-state index contributed by atoms with van der Waals surface area (Å²) in [6.07, 6.45) is 5.86. The molecule has 1 amide bonds. The lowest BCUT2D eigenvalue weighted by atomic mass is 9.88. The van der Waals surface area contributed by atoms with Gasteiger partial charge in [0.25, 0.3) is 0 Å². The third-order valence-electron chi connectivity index (χ3n) is 4.68. The summed E-state index contributed by atoms with van der Waals surface area (Å²) < 4.78 is 0. The smallest absolute Gasteiger partial charge is 0.223 e. The fraction of sp³-hybridized carbons (Fsp3) is 0.562. The molecule has 102 valence electrons. The molecule has 2 nitrogen and oxygen atoms in total. The van der Waals surface area contributed by atoms with E-state index >= 15 is 0 Å². The number of hydrogen-bond donors (Lipinski definition) is 1. The Kier molecular flexibility index (Phi) is 3.79. The molecular formula is C16H20ClNO. The van der Waals surface area contributed by atoms with Crippen molar-refractivity contribution in [1.29, 1.82) is 0 Å². The number of amides is 1. The molecule has 2 fully saturated rings. The lowest BCUT2D eigenvalue weighted by molar-refractivity contribution is -0.126. The number of benzene rings is 1. The van der Waals surface area contributed by atoms with Gasteiger partial charge in [-0.05, 0) is 55.2 Å². The van der Waals surface area contributed by atoms with Crippen LogP contribution in [0.5, 0.6) is 0 Å². The Morgan fingerprint density at radius 1 is 1.32 bits per heavy atom. The molecule has 2 bridgehead atoms. The SMILES string of the molecule is O=C(NCCc1cccc(Cl)c1)[C@H]1C[C@@H]2CC[C@@H]1C2. The summed E-state index contributed by atoms with van der Waals surface area (Å²) in [6.45, 7) is 0.715. The first-order chi connectivity index (χ1) is 9.22. The zero-order valence-electron chi connectivity index (χ0n) is 11.1. The molecule has 0 aromatic heterocycles. The monoisotopic (exact) mass is 277 g/mol. The van der Waals surface area contributed by atoms with Gasteiger partial charge in [0.1, 0.15) is 0 Å².